The maximum absolute atomic E-state index is 9.01. The quantitative estimate of drug-likeness (QED) is 0.885. The SMILES string of the molecule is Cc1cc(NCc2nc(CO)cs2)nc(C2CCC2)n1. The zero-order chi connectivity index (χ0) is 13.9. The van der Waals surface area contributed by atoms with Crippen LogP contribution >= 0.6 is 11.3 Å². The van der Waals surface area contributed by atoms with Crippen molar-refractivity contribution >= 4 is 17.2 Å². The summed E-state index contributed by atoms with van der Waals surface area (Å²) in [6.07, 6.45) is 3.69. The van der Waals surface area contributed by atoms with E-state index in [9.17, 15) is 0 Å². The Bertz CT molecular complexity index is 595. The largest absolute Gasteiger partial charge is 0.390 e. The van der Waals surface area contributed by atoms with Crippen molar-refractivity contribution in [3.8, 4) is 0 Å². The van der Waals surface area contributed by atoms with Crippen LogP contribution in [0.1, 0.15) is 47.4 Å². The molecule has 1 aliphatic carbocycles. The minimum Gasteiger partial charge on any atom is -0.390 e. The molecule has 106 valence electrons. The maximum Gasteiger partial charge on any atom is 0.134 e. The molecule has 1 saturated carbocycles. The summed E-state index contributed by atoms with van der Waals surface area (Å²) in [4.78, 5) is 13.4. The van der Waals surface area contributed by atoms with Gasteiger partial charge in [0.15, 0.2) is 0 Å². The van der Waals surface area contributed by atoms with E-state index in [0.29, 0.717) is 12.5 Å². The van der Waals surface area contributed by atoms with Crippen LogP contribution in [0.25, 0.3) is 0 Å². The minimum atomic E-state index is -0.00502. The number of aromatic nitrogens is 3. The number of thiazole rings is 1. The van der Waals surface area contributed by atoms with Gasteiger partial charge in [-0.15, -0.1) is 11.3 Å². The molecule has 2 heterocycles. The Labute approximate surface area is 122 Å². The number of rotatable bonds is 5. The van der Waals surface area contributed by atoms with Gasteiger partial charge in [-0.25, -0.2) is 15.0 Å². The summed E-state index contributed by atoms with van der Waals surface area (Å²) in [6, 6.07) is 1.96. The maximum atomic E-state index is 9.01. The van der Waals surface area contributed by atoms with Gasteiger partial charge in [-0.2, -0.15) is 0 Å². The summed E-state index contributed by atoms with van der Waals surface area (Å²) in [5, 5.41) is 15.1. The zero-order valence-electron chi connectivity index (χ0n) is 11.5. The Morgan fingerprint density at radius 3 is 2.85 bits per heavy atom. The molecule has 0 radical (unpaired) electrons. The standard InChI is InChI=1S/C14H18N4OS/c1-9-5-12(18-14(16-9)10-3-2-4-10)15-6-13-17-11(7-19)8-20-13/h5,8,10,19H,2-4,6-7H2,1H3,(H,15,16,18). The number of anilines is 1. The van der Waals surface area contributed by atoms with Gasteiger partial charge in [-0.3, -0.25) is 0 Å². The summed E-state index contributed by atoms with van der Waals surface area (Å²) in [5.74, 6) is 2.37. The monoisotopic (exact) mass is 290 g/mol. The van der Waals surface area contributed by atoms with E-state index in [4.69, 9.17) is 5.11 Å². The number of hydrogen-bond donors (Lipinski definition) is 2. The second-order valence-electron chi connectivity index (χ2n) is 5.12. The fourth-order valence-corrected chi connectivity index (χ4v) is 2.92. The Morgan fingerprint density at radius 1 is 1.35 bits per heavy atom. The highest BCUT2D eigenvalue weighted by atomic mass is 32.1. The molecule has 1 aliphatic rings. The number of hydrogen-bond acceptors (Lipinski definition) is 6. The summed E-state index contributed by atoms with van der Waals surface area (Å²) in [6.45, 7) is 2.63. The predicted octanol–water partition coefficient (Wildman–Crippen LogP) is 2.61. The molecule has 0 aromatic carbocycles. The third-order valence-electron chi connectivity index (χ3n) is 3.52. The van der Waals surface area contributed by atoms with Crippen LogP contribution in [-0.4, -0.2) is 20.1 Å². The molecule has 0 bridgehead atoms. The van der Waals surface area contributed by atoms with E-state index < -0.39 is 0 Å². The fourth-order valence-electron chi connectivity index (χ4n) is 2.20. The van der Waals surface area contributed by atoms with Crippen molar-refractivity contribution in [2.75, 3.05) is 5.32 Å². The minimum absolute atomic E-state index is 0.00502. The lowest BCUT2D eigenvalue weighted by Gasteiger charge is -2.24. The average Bonchev–Trinajstić information content (AvgIpc) is 2.81. The Balaban J connectivity index is 1.68. The van der Waals surface area contributed by atoms with E-state index in [0.717, 1.165) is 28.0 Å². The molecule has 5 nitrogen and oxygen atoms in total. The highest BCUT2D eigenvalue weighted by Crippen LogP contribution is 2.34. The molecule has 3 rings (SSSR count). The van der Waals surface area contributed by atoms with Crippen LogP contribution in [0.5, 0.6) is 0 Å². The number of aryl methyl sites for hydroxylation is 1. The van der Waals surface area contributed by atoms with E-state index in [1.54, 1.807) is 11.3 Å². The van der Waals surface area contributed by atoms with Crippen molar-refractivity contribution in [3.63, 3.8) is 0 Å². The Hall–Kier alpha value is -1.53. The zero-order valence-corrected chi connectivity index (χ0v) is 12.3. The van der Waals surface area contributed by atoms with Crippen LogP contribution in [0, 0.1) is 6.92 Å². The average molecular weight is 290 g/mol. The number of aliphatic hydroxyl groups is 1. The van der Waals surface area contributed by atoms with Crippen molar-refractivity contribution in [1.82, 2.24) is 15.0 Å². The first kappa shape index (κ1) is 13.5. The third-order valence-corrected chi connectivity index (χ3v) is 4.42. The van der Waals surface area contributed by atoms with Crippen LogP contribution in [0.4, 0.5) is 5.82 Å². The van der Waals surface area contributed by atoms with Gasteiger partial charge in [0.05, 0.1) is 18.8 Å². The van der Waals surface area contributed by atoms with Crippen molar-refractivity contribution in [3.05, 3.63) is 33.7 Å². The first-order chi connectivity index (χ1) is 9.74. The first-order valence-corrected chi connectivity index (χ1v) is 7.76. The number of nitrogens with zero attached hydrogens (tertiary/aromatic N) is 3. The number of aliphatic hydroxyl groups excluding tert-OH is 1. The fraction of sp³-hybridized carbons (Fsp3) is 0.500. The van der Waals surface area contributed by atoms with Crippen LogP contribution in [0.2, 0.25) is 0 Å². The molecule has 2 aromatic rings. The van der Waals surface area contributed by atoms with Crippen molar-refractivity contribution in [2.45, 2.75) is 45.3 Å². The number of nitrogens with one attached hydrogen (secondary N) is 1. The lowest BCUT2D eigenvalue weighted by atomic mass is 9.85. The van der Waals surface area contributed by atoms with Crippen LogP contribution in [-0.2, 0) is 13.2 Å². The summed E-state index contributed by atoms with van der Waals surface area (Å²) in [7, 11) is 0. The van der Waals surface area contributed by atoms with Gasteiger partial charge in [0.2, 0.25) is 0 Å². The second kappa shape index (κ2) is 5.85. The molecule has 20 heavy (non-hydrogen) atoms. The molecule has 6 heteroatoms. The molecule has 0 saturated heterocycles. The summed E-state index contributed by atoms with van der Waals surface area (Å²) >= 11 is 1.55. The normalized spacial score (nSPS) is 15.1. The Kier molecular flexibility index (Phi) is 3.93. The first-order valence-electron chi connectivity index (χ1n) is 6.88. The molecule has 2 aromatic heterocycles. The topological polar surface area (TPSA) is 70.9 Å². The highest BCUT2D eigenvalue weighted by Gasteiger charge is 2.22. The van der Waals surface area contributed by atoms with Crippen molar-refractivity contribution in [2.24, 2.45) is 0 Å². The van der Waals surface area contributed by atoms with Crippen LogP contribution in [0.15, 0.2) is 11.4 Å². The van der Waals surface area contributed by atoms with Gasteiger partial charge in [0.1, 0.15) is 16.6 Å². The molecular weight excluding hydrogens is 272 g/mol. The van der Waals surface area contributed by atoms with Gasteiger partial charge < -0.3 is 10.4 Å². The molecule has 0 spiro atoms. The molecule has 0 atom stereocenters. The molecule has 0 aliphatic heterocycles. The van der Waals surface area contributed by atoms with Gasteiger partial charge in [0, 0.05) is 23.1 Å². The summed E-state index contributed by atoms with van der Waals surface area (Å²) < 4.78 is 0. The summed E-state index contributed by atoms with van der Waals surface area (Å²) in [5.41, 5.74) is 1.72. The lowest BCUT2D eigenvalue weighted by molar-refractivity contribution is 0.277. The molecule has 0 amide bonds. The van der Waals surface area contributed by atoms with Gasteiger partial charge in [-0.05, 0) is 19.8 Å². The highest BCUT2D eigenvalue weighted by molar-refractivity contribution is 7.09. The molecule has 1 fully saturated rings. The van der Waals surface area contributed by atoms with E-state index in [2.05, 4.69) is 20.3 Å². The molecule has 2 N–H and O–H groups in total. The van der Waals surface area contributed by atoms with E-state index in [1.165, 1.54) is 19.3 Å². The van der Waals surface area contributed by atoms with E-state index in [1.807, 2.05) is 18.4 Å². The van der Waals surface area contributed by atoms with Gasteiger partial charge >= 0.3 is 0 Å². The van der Waals surface area contributed by atoms with Crippen molar-refractivity contribution < 1.29 is 5.11 Å². The van der Waals surface area contributed by atoms with Crippen LogP contribution in [0.3, 0.4) is 0 Å². The van der Waals surface area contributed by atoms with Crippen LogP contribution < -0.4 is 5.32 Å². The lowest BCUT2D eigenvalue weighted by Crippen LogP contribution is -2.14. The third kappa shape index (κ3) is 2.96. The van der Waals surface area contributed by atoms with Gasteiger partial charge in [-0.1, -0.05) is 6.42 Å². The Morgan fingerprint density at radius 2 is 2.20 bits per heavy atom. The predicted molar refractivity (Wildman–Crippen MR) is 78.7 cm³/mol. The molecule has 0 unspecified atom stereocenters. The van der Waals surface area contributed by atoms with E-state index >= 15 is 0 Å². The van der Waals surface area contributed by atoms with Gasteiger partial charge in [0.25, 0.3) is 0 Å². The second-order valence-corrected chi connectivity index (χ2v) is 6.07. The van der Waals surface area contributed by atoms with E-state index in [-0.39, 0.29) is 6.61 Å². The molecular formula is C14H18N4OS. The van der Waals surface area contributed by atoms with Crippen molar-refractivity contribution in [1.29, 1.82) is 0 Å². The smallest absolute Gasteiger partial charge is 0.134 e.